The first kappa shape index (κ1) is 45.1. The van der Waals surface area contributed by atoms with Gasteiger partial charge in [0.05, 0.1) is 13.2 Å². The van der Waals surface area contributed by atoms with Crippen LogP contribution in [0.15, 0.2) is 11.3 Å². The number of nitrogens with zero attached hydrogens (tertiary/aromatic N) is 2. The molecule has 270 valence electrons. The van der Waals surface area contributed by atoms with Gasteiger partial charge in [0.2, 0.25) is 5.91 Å². The van der Waals surface area contributed by atoms with Crippen molar-refractivity contribution in [3.8, 4) is 0 Å². The molecule has 1 atom stereocenters. The Kier molecular flexibility index (Phi) is 17.8. The van der Waals surface area contributed by atoms with E-state index in [1.807, 2.05) is 0 Å². The predicted molar refractivity (Wildman–Crippen MR) is 137 cm³/mol. The van der Waals surface area contributed by atoms with Gasteiger partial charge in [0.1, 0.15) is 6.61 Å². The lowest BCUT2D eigenvalue weighted by molar-refractivity contribution is -0.422. The summed E-state index contributed by atoms with van der Waals surface area (Å²) in [6, 6.07) is 0. The van der Waals surface area contributed by atoms with Crippen molar-refractivity contribution < 1.29 is 75.7 Å². The van der Waals surface area contributed by atoms with E-state index < -0.39 is 80.5 Å². The summed E-state index contributed by atoms with van der Waals surface area (Å²) >= 11 is 0. The Morgan fingerprint density at radius 2 is 1.27 bits per heavy atom. The van der Waals surface area contributed by atoms with Crippen molar-refractivity contribution in [3.05, 3.63) is 11.3 Å². The van der Waals surface area contributed by atoms with Crippen molar-refractivity contribution in [2.75, 3.05) is 54.6 Å². The number of methoxy groups -OCH3 is 1. The van der Waals surface area contributed by atoms with Gasteiger partial charge in [0, 0.05) is 53.3 Å². The van der Waals surface area contributed by atoms with Crippen molar-refractivity contribution >= 4 is 5.91 Å². The maximum Gasteiger partial charge on any atom is 0.460 e. The third-order valence-electron chi connectivity index (χ3n) is 5.73. The van der Waals surface area contributed by atoms with E-state index in [2.05, 4.69) is 37.6 Å². The van der Waals surface area contributed by atoms with E-state index in [4.69, 9.17) is 4.74 Å². The van der Waals surface area contributed by atoms with Crippen molar-refractivity contribution in [2.45, 2.75) is 88.9 Å². The molecule has 0 saturated heterocycles. The molecular weight excluding hydrogens is 654 g/mol. The van der Waals surface area contributed by atoms with Crippen LogP contribution >= 0.6 is 0 Å². The molecule has 1 saturated carbocycles. The molecule has 0 aromatic heterocycles. The van der Waals surface area contributed by atoms with Crippen molar-refractivity contribution in [2.24, 2.45) is 5.92 Å². The molecule has 5 nitrogen and oxygen atoms in total. The van der Waals surface area contributed by atoms with Crippen LogP contribution in [-0.4, -0.2) is 106 Å². The molecule has 0 heterocycles. The number of allylic oxidation sites excluding steroid dienone is 1. The molecule has 0 spiro atoms. The van der Waals surface area contributed by atoms with E-state index >= 15 is 0 Å². The maximum atomic E-state index is 13.5. The van der Waals surface area contributed by atoms with Crippen LogP contribution in [0.3, 0.4) is 0 Å². The Labute approximate surface area is 252 Å². The molecule has 45 heavy (non-hydrogen) atoms. The van der Waals surface area contributed by atoms with E-state index in [0.717, 1.165) is 13.5 Å². The van der Waals surface area contributed by atoms with Gasteiger partial charge in [-0.25, -0.2) is 0 Å². The van der Waals surface area contributed by atoms with Gasteiger partial charge in [-0.3, -0.25) is 4.79 Å². The van der Waals surface area contributed by atoms with E-state index in [1.165, 1.54) is 25.0 Å². The van der Waals surface area contributed by atoms with Crippen LogP contribution in [0, 0.1) is 5.92 Å². The quantitative estimate of drug-likeness (QED) is 0.172. The molecule has 0 aromatic rings. The number of hydrogen-bond donors (Lipinski definition) is 0. The van der Waals surface area contributed by atoms with Crippen LogP contribution in [0.5, 0.6) is 0 Å². The second-order valence-electron chi connectivity index (χ2n) is 10.5. The normalized spacial score (nSPS) is 14.9. The van der Waals surface area contributed by atoms with Gasteiger partial charge in [-0.15, -0.1) is 0 Å². The lowest BCUT2D eigenvalue weighted by Crippen LogP contribution is -2.66. The average molecular weight is 695 g/mol. The minimum Gasteiger partial charge on any atom is -0.379 e. The smallest absolute Gasteiger partial charge is 0.379 e. The number of alkyl halides is 14. The Morgan fingerprint density at radius 3 is 1.62 bits per heavy atom. The van der Waals surface area contributed by atoms with Crippen molar-refractivity contribution in [1.82, 2.24) is 9.80 Å². The van der Waals surface area contributed by atoms with Gasteiger partial charge in [0.15, 0.2) is 0 Å². The first-order chi connectivity index (χ1) is 20.1. The summed E-state index contributed by atoms with van der Waals surface area (Å²) in [6.07, 6.45) is -11.8. The molecule has 1 aliphatic carbocycles. The van der Waals surface area contributed by atoms with Crippen LogP contribution in [0.25, 0.3) is 0 Å². The molecule has 1 aliphatic rings. The summed E-state index contributed by atoms with van der Waals surface area (Å²) in [6.45, 7) is 2.91. The molecule has 0 radical (unpaired) electrons. The fourth-order valence-electron chi connectivity index (χ4n) is 3.14. The number of carbonyl (C=O) groups is 1. The lowest BCUT2D eigenvalue weighted by Gasteiger charge is -2.37. The minimum atomic E-state index is -7.54. The van der Waals surface area contributed by atoms with Crippen LogP contribution in [0.2, 0.25) is 0 Å². The first-order valence-electron chi connectivity index (χ1n) is 13.4. The molecule has 19 heteroatoms. The van der Waals surface area contributed by atoms with Crippen LogP contribution in [-0.2, 0) is 14.3 Å². The molecule has 0 bridgehead atoms. The summed E-state index contributed by atoms with van der Waals surface area (Å²) in [7, 11) is 6.52. The van der Waals surface area contributed by atoms with Gasteiger partial charge < -0.3 is 19.3 Å². The number of carbonyl (C=O) groups excluding carboxylic acids is 1. The first-order valence-corrected chi connectivity index (χ1v) is 13.4. The minimum absolute atomic E-state index is 0.165. The number of likely N-dealkylation sites (N-methyl/N-ethyl adjacent to an activating group) is 2. The fourth-order valence-corrected chi connectivity index (χ4v) is 3.14. The summed E-state index contributed by atoms with van der Waals surface area (Å²) in [5, 5.41) is 0. The highest BCUT2D eigenvalue weighted by atomic mass is 19.4. The average Bonchev–Trinajstić information content (AvgIpc) is 3.69. The largest absolute Gasteiger partial charge is 0.460 e. The zero-order chi connectivity index (χ0) is 36.2. The Morgan fingerprint density at radius 1 is 0.800 bits per heavy atom. The Balaban J connectivity index is 0. The zero-order valence-corrected chi connectivity index (χ0v) is 25.9. The summed E-state index contributed by atoms with van der Waals surface area (Å²) in [5.74, 6) is -30.8. The van der Waals surface area contributed by atoms with E-state index in [1.54, 1.807) is 12.7 Å². The third kappa shape index (κ3) is 14.1. The topological polar surface area (TPSA) is 42.0 Å². The van der Waals surface area contributed by atoms with Gasteiger partial charge >= 0.3 is 36.0 Å². The van der Waals surface area contributed by atoms with Crippen LogP contribution in [0.1, 0.15) is 52.9 Å². The van der Waals surface area contributed by atoms with Gasteiger partial charge in [-0.05, 0) is 24.3 Å². The van der Waals surface area contributed by atoms with Crippen molar-refractivity contribution in [1.29, 1.82) is 0 Å². The number of rotatable bonds is 14. The monoisotopic (exact) mass is 694 g/mol. The molecule has 1 rings (SSSR count). The number of amides is 1. The molecule has 0 unspecified atom stereocenters. The van der Waals surface area contributed by atoms with E-state index in [9.17, 15) is 66.3 Å². The highest BCUT2D eigenvalue weighted by Crippen LogP contribution is 2.57. The highest BCUT2D eigenvalue weighted by Gasteiger charge is 2.86. The molecular formula is C26H40F14N2O3. The fraction of sp³-hybridized carbons (Fsp3) is 0.885. The molecule has 0 N–H and O–H groups in total. The molecule has 0 aliphatic heterocycles. The van der Waals surface area contributed by atoms with Crippen LogP contribution < -0.4 is 0 Å². The van der Waals surface area contributed by atoms with Gasteiger partial charge in [-0.1, -0.05) is 27.2 Å². The van der Waals surface area contributed by atoms with E-state index in [0.29, 0.717) is 7.05 Å². The standard InChI is InChI=1S/C15H17F14NO2.C8H15NO.C3H8/c1-8(5-11(18,19)20)6-32-7-9(31)30(2)4-3-10(16,17)12(21,22)13(23,24)14(25,26)15(27,28)29;1-9(2)8(6-10-3)7-4-5-7;1-3-2/h8H,3-7H2,1-2H3;4-6H2,1-3H3;3H2,1-2H3/t8-;;/m0../s1. The van der Waals surface area contributed by atoms with Gasteiger partial charge in [0.25, 0.3) is 0 Å². The summed E-state index contributed by atoms with van der Waals surface area (Å²) in [4.78, 5) is 13.9. The van der Waals surface area contributed by atoms with Crippen LogP contribution in [0.4, 0.5) is 61.5 Å². The predicted octanol–water partition coefficient (Wildman–Crippen LogP) is 8.20. The Bertz CT molecular complexity index is 914. The highest BCUT2D eigenvalue weighted by molar-refractivity contribution is 5.77. The molecule has 0 aromatic carbocycles. The zero-order valence-electron chi connectivity index (χ0n) is 25.9. The Hall–Kier alpha value is -2.05. The number of halogens is 14. The summed E-state index contributed by atoms with van der Waals surface area (Å²) in [5.41, 5.74) is 2.93. The molecule has 1 amide bonds. The maximum absolute atomic E-state index is 13.5. The second-order valence-corrected chi connectivity index (χ2v) is 10.5. The van der Waals surface area contributed by atoms with Gasteiger partial charge in [-0.2, -0.15) is 61.5 Å². The van der Waals surface area contributed by atoms with E-state index in [-0.39, 0.29) is 4.90 Å². The third-order valence-corrected chi connectivity index (χ3v) is 5.73. The molecule has 1 fully saturated rings. The SMILES string of the molecule is CCC.COCC(=C1CC1)N(C)C.C[C@H](COCC(=O)N(C)CCC(F)(F)C(F)(F)C(F)(F)C(F)(F)C(F)(F)F)CC(F)(F)F. The number of hydrogen-bond acceptors (Lipinski definition) is 4. The number of ether oxygens (including phenoxy) is 2. The second kappa shape index (κ2) is 17.8. The summed E-state index contributed by atoms with van der Waals surface area (Å²) < 4.78 is 188. The lowest BCUT2D eigenvalue weighted by atomic mass is 9.96. The van der Waals surface area contributed by atoms with Crippen molar-refractivity contribution in [3.63, 3.8) is 0 Å².